The number of nitrogens with one attached hydrogen (secondary N) is 2. The Hall–Kier alpha value is -1.79. The molecule has 7 heteroatoms. The van der Waals surface area contributed by atoms with E-state index in [2.05, 4.69) is 10.6 Å². The van der Waals surface area contributed by atoms with Gasteiger partial charge in [-0.15, -0.1) is 0 Å². The summed E-state index contributed by atoms with van der Waals surface area (Å²) in [6.45, 7) is 4.39. The average molecular weight is 271 g/mol. The maximum atomic E-state index is 12.0. The van der Waals surface area contributed by atoms with Gasteiger partial charge < -0.3 is 15.7 Å². The first-order chi connectivity index (χ1) is 8.96. The van der Waals surface area contributed by atoms with Gasteiger partial charge in [0.25, 0.3) is 0 Å². The van der Waals surface area contributed by atoms with Crippen LogP contribution in [0.2, 0.25) is 0 Å². The molecule has 0 spiro atoms. The number of carboxylic acid groups (broad SMARTS) is 1. The largest absolute Gasteiger partial charge is 0.480 e. The molecular weight excluding hydrogens is 250 g/mol. The second kappa shape index (κ2) is 6.40. The lowest BCUT2D eigenvalue weighted by Gasteiger charge is -2.31. The zero-order valence-corrected chi connectivity index (χ0v) is 11.4. The number of rotatable bonds is 6. The number of carbonyl (C=O) groups is 3. The van der Waals surface area contributed by atoms with Crippen LogP contribution in [-0.4, -0.2) is 46.7 Å². The van der Waals surface area contributed by atoms with Gasteiger partial charge in [-0.05, 0) is 12.8 Å². The second-order valence-corrected chi connectivity index (χ2v) is 4.70. The second-order valence-electron chi connectivity index (χ2n) is 4.70. The van der Waals surface area contributed by atoms with Crippen LogP contribution in [0.3, 0.4) is 0 Å². The van der Waals surface area contributed by atoms with E-state index in [1.807, 2.05) is 13.8 Å². The van der Waals surface area contributed by atoms with Gasteiger partial charge in [-0.1, -0.05) is 26.7 Å². The highest BCUT2D eigenvalue weighted by Crippen LogP contribution is 2.21. The van der Waals surface area contributed by atoms with E-state index in [1.165, 1.54) is 0 Å². The van der Waals surface area contributed by atoms with Crippen LogP contribution in [0.1, 0.15) is 39.5 Å². The fraction of sp³-hybridized carbons (Fsp3) is 0.750. The van der Waals surface area contributed by atoms with Crippen LogP contribution in [0.5, 0.6) is 0 Å². The Balaban J connectivity index is 2.83. The van der Waals surface area contributed by atoms with E-state index in [-0.39, 0.29) is 6.54 Å². The van der Waals surface area contributed by atoms with Crippen molar-refractivity contribution in [3.05, 3.63) is 0 Å². The molecule has 1 aliphatic heterocycles. The predicted molar refractivity (Wildman–Crippen MR) is 68.8 cm³/mol. The number of nitrogens with zero attached hydrogens (tertiary/aromatic N) is 1. The smallest absolute Gasteiger partial charge is 0.329 e. The number of hydrogen-bond acceptors (Lipinski definition) is 3. The summed E-state index contributed by atoms with van der Waals surface area (Å²) in [5.74, 6) is -1.05. The van der Waals surface area contributed by atoms with E-state index in [0.29, 0.717) is 32.2 Å². The summed E-state index contributed by atoms with van der Waals surface area (Å²) in [6.07, 6.45) is 1.96. The molecule has 1 fully saturated rings. The van der Waals surface area contributed by atoms with Crippen LogP contribution in [0.4, 0.5) is 9.59 Å². The highest BCUT2D eigenvalue weighted by Gasteiger charge is 2.40. The predicted octanol–water partition coefficient (Wildman–Crippen LogP) is 1.14. The third-order valence-corrected chi connectivity index (χ3v) is 3.21. The minimum absolute atomic E-state index is 0.263. The van der Waals surface area contributed by atoms with Crippen molar-refractivity contribution in [2.45, 2.75) is 45.1 Å². The number of carbonyl (C=O) groups excluding carboxylic acids is 2. The van der Waals surface area contributed by atoms with Crippen LogP contribution >= 0.6 is 0 Å². The molecule has 3 N–H and O–H groups in total. The van der Waals surface area contributed by atoms with Crippen molar-refractivity contribution in [2.24, 2.45) is 0 Å². The molecule has 0 aromatic carbocycles. The molecule has 0 saturated carbocycles. The Morgan fingerprint density at radius 1 is 1.37 bits per heavy atom. The van der Waals surface area contributed by atoms with Gasteiger partial charge in [-0.25, -0.2) is 19.3 Å². The first-order valence-corrected chi connectivity index (χ1v) is 6.57. The average Bonchev–Trinajstić information content (AvgIpc) is 2.75. The minimum Gasteiger partial charge on any atom is -0.480 e. The van der Waals surface area contributed by atoms with Crippen LogP contribution < -0.4 is 10.6 Å². The topological polar surface area (TPSA) is 98.7 Å². The number of carboxylic acids is 1. The van der Waals surface area contributed by atoms with Crippen molar-refractivity contribution < 1.29 is 19.5 Å². The Morgan fingerprint density at radius 2 is 1.95 bits per heavy atom. The molecule has 0 unspecified atom stereocenters. The molecule has 7 nitrogen and oxygen atoms in total. The summed E-state index contributed by atoms with van der Waals surface area (Å²) in [4.78, 5) is 35.9. The fourth-order valence-corrected chi connectivity index (χ4v) is 2.31. The molecule has 0 aromatic rings. The van der Waals surface area contributed by atoms with E-state index in [9.17, 15) is 19.5 Å². The quantitative estimate of drug-likeness (QED) is 0.674. The standard InChI is InChI=1S/C12H21N3O4/c1-3-5-12(6-4-2,9(16)17)14-11(19)15-8-7-13-10(15)18/h3-8H2,1-2H3,(H,13,18)(H,14,19)(H,16,17). The number of aliphatic carboxylic acids is 1. The lowest BCUT2D eigenvalue weighted by molar-refractivity contribution is -0.145. The van der Waals surface area contributed by atoms with Crippen LogP contribution in [-0.2, 0) is 4.79 Å². The third-order valence-electron chi connectivity index (χ3n) is 3.21. The van der Waals surface area contributed by atoms with Crippen molar-refractivity contribution >= 4 is 18.0 Å². The van der Waals surface area contributed by atoms with Gasteiger partial charge in [0.05, 0.1) is 0 Å². The lowest BCUT2D eigenvalue weighted by atomic mass is 9.89. The Bertz CT molecular complexity index is 364. The third kappa shape index (κ3) is 3.36. The molecule has 0 atom stereocenters. The van der Waals surface area contributed by atoms with Crippen LogP contribution in [0, 0.1) is 0 Å². The van der Waals surface area contributed by atoms with Crippen molar-refractivity contribution in [3.8, 4) is 0 Å². The first kappa shape index (κ1) is 15.3. The van der Waals surface area contributed by atoms with E-state index < -0.39 is 23.6 Å². The minimum atomic E-state index is -1.29. The molecule has 0 aliphatic carbocycles. The van der Waals surface area contributed by atoms with Gasteiger partial charge in [0.15, 0.2) is 0 Å². The number of imide groups is 1. The van der Waals surface area contributed by atoms with Gasteiger partial charge in [-0.2, -0.15) is 0 Å². The first-order valence-electron chi connectivity index (χ1n) is 6.57. The maximum absolute atomic E-state index is 12.0. The van der Waals surface area contributed by atoms with E-state index in [4.69, 9.17) is 0 Å². The van der Waals surface area contributed by atoms with Crippen molar-refractivity contribution in [1.82, 2.24) is 15.5 Å². The van der Waals surface area contributed by atoms with E-state index in [0.717, 1.165) is 4.90 Å². The van der Waals surface area contributed by atoms with Gasteiger partial charge in [0, 0.05) is 13.1 Å². The summed E-state index contributed by atoms with van der Waals surface area (Å²) in [5.41, 5.74) is -1.29. The maximum Gasteiger partial charge on any atom is 0.329 e. The summed E-state index contributed by atoms with van der Waals surface area (Å²) < 4.78 is 0. The van der Waals surface area contributed by atoms with E-state index >= 15 is 0 Å². The number of urea groups is 2. The molecule has 108 valence electrons. The Labute approximate surface area is 112 Å². The molecule has 0 bridgehead atoms. The molecule has 1 saturated heterocycles. The van der Waals surface area contributed by atoms with Crippen molar-refractivity contribution in [3.63, 3.8) is 0 Å². The molecule has 1 rings (SSSR count). The molecular formula is C12H21N3O4. The summed E-state index contributed by atoms with van der Waals surface area (Å²) in [6, 6.07) is -1.12. The zero-order valence-electron chi connectivity index (χ0n) is 11.4. The zero-order chi connectivity index (χ0) is 14.5. The van der Waals surface area contributed by atoms with E-state index in [1.54, 1.807) is 0 Å². The number of hydrogen-bond donors (Lipinski definition) is 3. The van der Waals surface area contributed by atoms with Gasteiger partial charge >= 0.3 is 18.0 Å². The van der Waals surface area contributed by atoms with Crippen LogP contribution in [0.25, 0.3) is 0 Å². The molecule has 19 heavy (non-hydrogen) atoms. The molecule has 0 aromatic heterocycles. The SMILES string of the molecule is CCCC(CCC)(NC(=O)N1CCNC1=O)C(=O)O. The van der Waals surface area contributed by atoms with Gasteiger partial charge in [0.2, 0.25) is 0 Å². The van der Waals surface area contributed by atoms with Crippen molar-refractivity contribution in [1.29, 1.82) is 0 Å². The van der Waals surface area contributed by atoms with Gasteiger partial charge in [0.1, 0.15) is 5.54 Å². The number of amides is 4. The molecule has 4 amide bonds. The van der Waals surface area contributed by atoms with Crippen LogP contribution in [0.15, 0.2) is 0 Å². The van der Waals surface area contributed by atoms with Gasteiger partial charge in [-0.3, -0.25) is 0 Å². The summed E-state index contributed by atoms with van der Waals surface area (Å²) in [5, 5.41) is 14.4. The highest BCUT2D eigenvalue weighted by atomic mass is 16.4. The monoisotopic (exact) mass is 271 g/mol. The molecule has 1 aliphatic rings. The fourth-order valence-electron chi connectivity index (χ4n) is 2.31. The lowest BCUT2D eigenvalue weighted by Crippen LogP contribution is -2.58. The Kier molecular flexibility index (Phi) is 5.14. The molecule has 1 heterocycles. The molecule has 0 radical (unpaired) electrons. The summed E-state index contributed by atoms with van der Waals surface area (Å²) >= 11 is 0. The Morgan fingerprint density at radius 3 is 2.32 bits per heavy atom. The summed E-state index contributed by atoms with van der Waals surface area (Å²) in [7, 11) is 0. The highest BCUT2D eigenvalue weighted by molar-refractivity contribution is 5.97. The van der Waals surface area contributed by atoms with Crippen molar-refractivity contribution in [2.75, 3.05) is 13.1 Å². The normalized spacial score (nSPS) is 15.3.